The van der Waals surface area contributed by atoms with Gasteiger partial charge in [0.05, 0.1) is 4.90 Å². The van der Waals surface area contributed by atoms with Gasteiger partial charge >= 0.3 is 0 Å². The number of sulfonamides is 1. The molecule has 1 heterocycles. The van der Waals surface area contributed by atoms with Gasteiger partial charge in [0.1, 0.15) is 0 Å². The average molecular weight is 397 g/mol. The molecular formula is C21H24N4O2S. The Bertz CT molecular complexity index is 1040. The fourth-order valence-electron chi connectivity index (χ4n) is 2.90. The summed E-state index contributed by atoms with van der Waals surface area (Å²) in [6.07, 6.45) is 0. The van der Waals surface area contributed by atoms with Crippen molar-refractivity contribution in [3.05, 3.63) is 77.4 Å². The quantitative estimate of drug-likeness (QED) is 0.655. The minimum atomic E-state index is -3.72. The molecule has 0 saturated heterocycles. The molecule has 7 heteroatoms. The molecule has 0 aliphatic carbocycles. The van der Waals surface area contributed by atoms with E-state index in [0.717, 1.165) is 12.1 Å². The maximum Gasteiger partial charge on any atom is 0.263 e. The van der Waals surface area contributed by atoms with Gasteiger partial charge in [-0.25, -0.2) is 8.42 Å². The van der Waals surface area contributed by atoms with Crippen molar-refractivity contribution in [2.75, 3.05) is 16.2 Å². The van der Waals surface area contributed by atoms with Crippen LogP contribution in [0, 0.1) is 13.8 Å². The molecule has 1 N–H and O–H groups in total. The number of hydrogen-bond acceptors (Lipinski definition) is 5. The van der Waals surface area contributed by atoms with E-state index in [4.69, 9.17) is 0 Å². The first-order valence-electron chi connectivity index (χ1n) is 9.11. The summed E-state index contributed by atoms with van der Waals surface area (Å²) in [5.41, 5.74) is 2.74. The summed E-state index contributed by atoms with van der Waals surface area (Å²) in [7, 11) is -3.72. The Labute approximate surface area is 166 Å². The normalized spacial score (nSPS) is 11.2. The summed E-state index contributed by atoms with van der Waals surface area (Å²) in [5.74, 6) is 0.890. The Morgan fingerprint density at radius 2 is 1.71 bits per heavy atom. The molecule has 1 aromatic heterocycles. The second kappa shape index (κ2) is 8.39. The predicted molar refractivity (Wildman–Crippen MR) is 112 cm³/mol. The van der Waals surface area contributed by atoms with Gasteiger partial charge in [-0.1, -0.05) is 42.5 Å². The van der Waals surface area contributed by atoms with E-state index in [9.17, 15) is 8.42 Å². The van der Waals surface area contributed by atoms with Gasteiger partial charge in [0, 0.05) is 13.1 Å². The number of aromatic nitrogens is 2. The molecule has 0 aliphatic heterocycles. The number of nitrogens with one attached hydrogen (secondary N) is 1. The summed E-state index contributed by atoms with van der Waals surface area (Å²) < 4.78 is 27.9. The third kappa shape index (κ3) is 4.67. The van der Waals surface area contributed by atoms with Crippen LogP contribution < -0.4 is 9.62 Å². The van der Waals surface area contributed by atoms with Gasteiger partial charge in [-0.2, -0.15) is 0 Å². The van der Waals surface area contributed by atoms with E-state index in [1.54, 1.807) is 31.2 Å². The molecule has 0 aliphatic rings. The first-order chi connectivity index (χ1) is 13.4. The molecule has 6 nitrogen and oxygen atoms in total. The molecule has 146 valence electrons. The molecule has 0 radical (unpaired) electrons. The van der Waals surface area contributed by atoms with Crippen LogP contribution in [0.15, 0.2) is 65.6 Å². The number of anilines is 2. The van der Waals surface area contributed by atoms with Gasteiger partial charge in [0.25, 0.3) is 10.0 Å². The van der Waals surface area contributed by atoms with Crippen molar-refractivity contribution in [2.45, 2.75) is 32.2 Å². The van der Waals surface area contributed by atoms with Crippen molar-refractivity contribution >= 4 is 21.7 Å². The highest BCUT2D eigenvalue weighted by molar-refractivity contribution is 7.92. The largest absolute Gasteiger partial charge is 0.351 e. The summed E-state index contributed by atoms with van der Waals surface area (Å²) in [4.78, 5) is 2.32. The third-order valence-corrected chi connectivity index (χ3v) is 5.94. The van der Waals surface area contributed by atoms with Crippen LogP contribution in [0.1, 0.15) is 23.6 Å². The van der Waals surface area contributed by atoms with Gasteiger partial charge in [0.2, 0.25) is 0 Å². The fraction of sp³-hybridized carbons (Fsp3) is 0.238. The van der Waals surface area contributed by atoms with Crippen LogP contribution in [0.3, 0.4) is 0 Å². The average Bonchev–Trinajstić information content (AvgIpc) is 2.69. The maximum absolute atomic E-state index is 12.7. The number of rotatable bonds is 7. The standard InChI is InChI=1S/C21H24N4O2S/c1-4-25(15-18-8-6-5-7-9-18)21-13-12-20(22-23-21)24-28(26,27)19-14-16(2)10-11-17(19)3/h5-14H,4,15H2,1-3H3,(H,22,24). The second-order valence-corrected chi connectivity index (χ2v) is 8.30. The van der Waals surface area contributed by atoms with E-state index in [-0.39, 0.29) is 10.7 Å². The Balaban J connectivity index is 1.77. The van der Waals surface area contributed by atoms with Crippen LogP contribution in [0.4, 0.5) is 11.6 Å². The first-order valence-corrected chi connectivity index (χ1v) is 10.6. The molecule has 2 aromatic carbocycles. The molecule has 0 fully saturated rings. The van der Waals surface area contributed by atoms with Crippen molar-refractivity contribution in [2.24, 2.45) is 0 Å². The topological polar surface area (TPSA) is 75.2 Å². The molecule has 0 spiro atoms. The molecule has 28 heavy (non-hydrogen) atoms. The number of hydrogen-bond donors (Lipinski definition) is 1. The molecule has 0 bridgehead atoms. The van der Waals surface area contributed by atoms with E-state index in [2.05, 4.69) is 32.0 Å². The molecule has 3 rings (SSSR count). The van der Waals surface area contributed by atoms with E-state index in [1.165, 1.54) is 5.56 Å². The van der Waals surface area contributed by atoms with Crippen molar-refractivity contribution in [3.8, 4) is 0 Å². The van der Waals surface area contributed by atoms with Crippen LogP contribution in [-0.2, 0) is 16.6 Å². The van der Waals surface area contributed by atoms with Gasteiger partial charge in [0.15, 0.2) is 11.6 Å². The van der Waals surface area contributed by atoms with Crippen LogP contribution in [0.2, 0.25) is 0 Å². The second-order valence-electron chi connectivity index (χ2n) is 6.65. The highest BCUT2D eigenvalue weighted by Gasteiger charge is 2.18. The van der Waals surface area contributed by atoms with Crippen molar-refractivity contribution < 1.29 is 8.42 Å². The lowest BCUT2D eigenvalue weighted by atomic mass is 10.2. The van der Waals surface area contributed by atoms with E-state index < -0.39 is 10.0 Å². The lowest BCUT2D eigenvalue weighted by Gasteiger charge is -2.21. The fourth-order valence-corrected chi connectivity index (χ4v) is 4.22. The SMILES string of the molecule is CCN(Cc1ccccc1)c1ccc(NS(=O)(=O)c2cc(C)ccc2C)nn1. The van der Waals surface area contributed by atoms with Gasteiger partial charge in [-0.05, 0) is 55.7 Å². The monoisotopic (exact) mass is 396 g/mol. The summed E-state index contributed by atoms with van der Waals surface area (Å²) in [6, 6.07) is 18.8. The lowest BCUT2D eigenvalue weighted by Crippen LogP contribution is -2.23. The van der Waals surface area contributed by atoms with Crippen LogP contribution in [-0.4, -0.2) is 25.2 Å². The number of aryl methyl sites for hydroxylation is 2. The van der Waals surface area contributed by atoms with Gasteiger partial charge < -0.3 is 4.90 Å². The Morgan fingerprint density at radius 1 is 0.964 bits per heavy atom. The minimum Gasteiger partial charge on any atom is -0.351 e. The molecule has 3 aromatic rings. The third-order valence-electron chi connectivity index (χ3n) is 4.44. The molecule has 0 amide bonds. The Kier molecular flexibility index (Phi) is 5.94. The van der Waals surface area contributed by atoms with Crippen molar-refractivity contribution in [3.63, 3.8) is 0 Å². The number of benzene rings is 2. The molecule has 0 atom stereocenters. The highest BCUT2D eigenvalue weighted by atomic mass is 32.2. The molecular weight excluding hydrogens is 372 g/mol. The summed E-state index contributed by atoms with van der Waals surface area (Å²) in [5, 5.41) is 8.28. The first kappa shape index (κ1) is 19.8. The van der Waals surface area contributed by atoms with Crippen LogP contribution >= 0.6 is 0 Å². The highest BCUT2D eigenvalue weighted by Crippen LogP contribution is 2.21. The Hall–Kier alpha value is -2.93. The van der Waals surface area contributed by atoms with E-state index in [0.29, 0.717) is 17.9 Å². The predicted octanol–water partition coefficient (Wildman–Crippen LogP) is 3.92. The summed E-state index contributed by atoms with van der Waals surface area (Å²) >= 11 is 0. The minimum absolute atomic E-state index is 0.195. The van der Waals surface area contributed by atoms with Crippen molar-refractivity contribution in [1.82, 2.24) is 10.2 Å². The molecule has 0 saturated carbocycles. The van der Waals surface area contributed by atoms with Crippen molar-refractivity contribution in [1.29, 1.82) is 0 Å². The maximum atomic E-state index is 12.7. The van der Waals surface area contributed by atoms with E-state index in [1.807, 2.05) is 38.1 Å². The summed E-state index contributed by atoms with van der Waals surface area (Å²) in [6.45, 7) is 7.14. The van der Waals surface area contributed by atoms with Crippen LogP contribution in [0.25, 0.3) is 0 Å². The van der Waals surface area contributed by atoms with E-state index >= 15 is 0 Å². The van der Waals surface area contributed by atoms with Gasteiger partial charge in [-0.15, -0.1) is 10.2 Å². The zero-order valence-corrected chi connectivity index (χ0v) is 17.1. The molecule has 0 unspecified atom stereocenters. The zero-order chi connectivity index (χ0) is 20.1. The zero-order valence-electron chi connectivity index (χ0n) is 16.3. The lowest BCUT2D eigenvalue weighted by molar-refractivity contribution is 0.600. The Morgan fingerprint density at radius 3 is 2.36 bits per heavy atom. The van der Waals surface area contributed by atoms with Crippen LogP contribution in [0.5, 0.6) is 0 Å². The smallest absolute Gasteiger partial charge is 0.263 e. The van der Waals surface area contributed by atoms with Gasteiger partial charge in [-0.3, -0.25) is 4.72 Å². The number of nitrogens with zero attached hydrogens (tertiary/aromatic N) is 3.